The maximum Gasteiger partial charge on any atom is 0.165 e. The topological polar surface area (TPSA) is 40.0 Å². The van der Waals surface area contributed by atoms with Gasteiger partial charge in [0, 0.05) is 54.3 Å². The van der Waals surface area contributed by atoms with Gasteiger partial charge in [-0.25, -0.2) is 9.97 Å². The van der Waals surface area contributed by atoms with Gasteiger partial charge in [-0.15, -0.1) is 0 Å². The predicted octanol–water partition coefficient (Wildman–Crippen LogP) is 13.8. The molecule has 0 N–H and O–H groups in total. The smallest absolute Gasteiger partial charge is 0.165 e. The van der Waals surface area contributed by atoms with Gasteiger partial charge in [-0.2, -0.15) is 0 Å². The van der Waals surface area contributed by atoms with Crippen LogP contribution >= 0.6 is 0 Å². The van der Waals surface area contributed by atoms with Gasteiger partial charge in [-0.05, 0) is 77.5 Å². The van der Waals surface area contributed by atoms with Crippen LogP contribution in [-0.2, 0) is 0 Å². The number of nitrogens with zero attached hydrogens (tertiary/aromatic N) is 5. The maximum atomic E-state index is 5.57. The molecule has 0 atom stereocenters. The number of benzene rings is 9. The summed E-state index contributed by atoms with van der Waals surface area (Å²) in [5.74, 6) is 0.809. The van der Waals surface area contributed by atoms with Crippen LogP contribution in [0.2, 0.25) is 0 Å². The van der Waals surface area contributed by atoms with E-state index in [4.69, 9.17) is 9.97 Å². The molecular formula is C54H31N5. The molecule has 0 saturated heterocycles. The van der Waals surface area contributed by atoms with Crippen molar-refractivity contribution in [1.82, 2.24) is 23.5 Å². The van der Waals surface area contributed by atoms with Crippen LogP contribution in [0.15, 0.2) is 188 Å². The highest BCUT2D eigenvalue weighted by molar-refractivity contribution is 6.36. The van der Waals surface area contributed by atoms with E-state index < -0.39 is 0 Å². The van der Waals surface area contributed by atoms with Crippen LogP contribution in [0.25, 0.3) is 126 Å². The Morgan fingerprint density at radius 1 is 0.339 bits per heavy atom. The largest absolute Gasteiger partial charge is 0.309 e. The lowest BCUT2D eigenvalue weighted by molar-refractivity contribution is 1.08. The zero-order valence-corrected chi connectivity index (χ0v) is 31.6. The molecule has 9 aromatic carbocycles. The second-order valence-electron chi connectivity index (χ2n) is 15.8. The highest BCUT2D eigenvalue weighted by Gasteiger charge is 2.26. The molecule has 14 aromatic rings. The summed E-state index contributed by atoms with van der Waals surface area (Å²) < 4.78 is 7.26. The summed E-state index contributed by atoms with van der Waals surface area (Å²) >= 11 is 0. The molecule has 0 radical (unpaired) electrons. The van der Waals surface area contributed by atoms with Crippen molar-refractivity contribution in [2.45, 2.75) is 0 Å². The normalized spacial score (nSPS) is 12.4. The zero-order chi connectivity index (χ0) is 38.3. The summed E-state index contributed by atoms with van der Waals surface area (Å²) in [6.07, 6.45) is 0. The standard InChI is InChI=1S/C54H31N5/c1-2-16-35(17-3-1)57-44-23-11-6-18-36(44)37-27-26-34(30-47(37)57)52-54(56-43-22-10-9-21-42(43)55-52)59-46-25-13-7-19-38(46)50-49(59)31-41-40-28-32-14-4-5-15-33(32)29-48(40)58-45-24-12-8-20-39(45)51(50)53(41)58/h1-31H. The number of aromatic nitrogens is 5. The Balaban J connectivity index is 1.15. The maximum absolute atomic E-state index is 5.57. The SMILES string of the molecule is c1ccc(-n2c3ccccc3c3ccc(-c4nc5ccccc5nc4-n4c5ccccc5c5c6c7ccccc7n7c8cc9ccccc9cc8c(cc54)c67)cc32)cc1. The van der Waals surface area contributed by atoms with Crippen molar-refractivity contribution in [3.63, 3.8) is 0 Å². The monoisotopic (exact) mass is 749 g/mol. The fourth-order valence-electron chi connectivity index (χ4n) is 10.2. The van der Waals surface area contributed by atoms with Crippen molar-refractivity contribution in [3.05, 3.63) is 188 Å². The van der Waals surface area contributed by atoms with E-state index in [1.54, 1.807) is 0 Å². The molecule has 0 aliphatic rings. The Morgan fingerprint density at radius 2 is 0.949 bits per heavy atom. The third-order valence-corrected chi connectivity index (χ3v) is 12.7. The number of rotatable bonds is 3. The first-order valence-corrected chi connectivity index (χ1v) is 20.2. The van der Waals surface area contributed by atoms with Gasteiger partial charge in [0.05, 0.1) is 49.7 Å². The van der Waals surface area contributed by atoms with E-state index >= 15 is 0 Å². The second kappa shape index (κ2) is 11.3. The average molecular weight is 750 g/mol. The highest BCUT2D eigenvalue weighted by Crippen LogP contribution is 2.48. The third-order valence-electron chi connectivity index (χ3n) is 12.7. The molecule has 0 fully saturated rings. The first kappa shape index (κ1) is 31.1. The average Bonchev–Trinajstić information content (AvgIpc) is 4.01. The van der Waals surface area contributed by atoms with Crippen LogP contribution in [0.3, 0.4) is 0 Å². The number of hydrogen-bond acceptors (Lipinski definition) is 2. The molecule has 5 heteroatoms. The quantitative estimate of drug-likeness (QED) is 0.180. The Labute approximate surface area is 336 Å². The third kappa shape index (κ3) is 4.08. The van der Waals surface area contributed by atoms with Crippen LogP contribution in [-0.4, -0.2) is 23.5 Å². The van der Waals surface area contributed by atoms with E-state index in [0.717, 1.165) is 50.3 Å². The summed E-state index contributed by atoms with van der Waals surface area (Å²) in [7, 11) is 0. The van der Waals surface area contributed by atoms with Gasteiger partial charge in [0.2, 0.25) is 0 Å². The van der Waals surface area contributed by atoms with Gasteiger partial charge in [0.15, 0.2) is 5.82 Å². The van der Waals surface area contributed by atoms with E-state index in [0.29, 0.717) is 0 Å². The van der Waals surface area contributed by atoms with E-state index in [2.05, 4.69) is 196 Å². The lowest BCUT2D eigenvalue weighted by Gasteiger charge is -2.14. The number of fused-ring (bicyclic) bond motifs is 15. The zero-order valence-electron chi connectivity index (χ0n) is 31.6. The minimum Gasteiger partial charge on any atom is -0.309 e. The molecule has 0 aliphatic carbocycles. The van der Waals surface area contributed by atoms with Gasteiger partial charge in [-0.3, -0.25) is 4.57 Å². The lowest BCUT2D eigenvalue weighted by Crippen LogP contribution is -2.04. The molecule has 5 aromatic heterocycles. The van der Waals surface area contributed by atoms with Crippen LogP contribution in [0.4, 0.5) is 0 Å². The van der Waals surface area contributed by atoms with E-state index in [1.807, 2.05) is 6.07 Å². The van der Waals surface area contributed by atoms with Gasteiger partial charge in [0.1, 0.15) is 5.69 Å². The summed E-state index contributed by atoms with van der Waals surface area (Å²) in [6.45, 7) is 0. The van der Waals surface area contributed by atoms with E-state index in [-0.39, 0.29) is 0 Å². The second-order valence-corrected chi connectivity index (χ2v) is 15.8. The molecule has 0 aliphatic heterocycles. The van der Waals surface area contributed by atoms with Crippen molar-refractivity contribution in [1.29, 1.82) is 0 Å². The summed E-state index contributed by atoms with van der Waals surface area (Å²) in [5.41, 5.74) is 12.9. The van der Waals surface area contributed by atoms with Crippen molar-refractivity contribution >= 4 is 104 Å². The highest BCUT2D eigenvalue weighted by atomic mass is 15.1. The molecule has 272 valence electrons. The molecule has 59 heavy (non-hydrogen) atoms. The molecular weight excluding hydrogens is 719 g/mol. The molecule has 0 unspecified atom stereocenters. The van der Waals surface area contributed by atoms with E-state index in [1.165, 1.54) is 75.9 Å². The van der Waals surface area contributed by atoms with Gasteiger partial charge in [0.25, 0.3) is 0 Å². The molecule has 0 saturated carbocycles. The van der Waals surface area contributed by atoms with Crippen LogP contribution in [0.5, 0.6) is 0 Å². The van der Waals surface area contributed by atoms with Crippen molar-refractivity contribution in [2.24, 2.45) is 0 Å². The van der Waals surface area contributed by atoms with Crippen molar-refractivity contribution < 1.29 is 0 Å². The summed E-state index contributed by atoms with van der Waals surface area (Å²) in [4.78, 5) is 11.1. The molecule has 5 nitrogen and oxygen atoms in total. The minimum atomic E-state index is 0.809. The van der Waals surface area contributed by atoms with Gasteiger partial charge >= 0.3 is 0 Å². The predicted molar refractivity (Wildman–Crippen MR) is 246 cm³/mol. The Morgan fingerprint density at radius 3 is 1.75 bits per heavy atom. The van der Waals surface area contributed by atoms with Crippen LogP contribution in [0.1, 0.15) is 0 Å². The van der Waals surface area contributed by atoms with Gasteiger partial charge in [-0.1, -0.05) is 121 Å². The Hall–Kier alpha value is -8.02. The van der Waals surface area contributed by atoms with Crippen LogP contribution < -0.4 is 0 Å². The van der Waals surface area contributed by atoms with Crippen LogP contribution in [0, 0.1) is 0 Å². The molecule has 0 amide bonds. The van der Waals surface area contributed by atoms with Gasteiger partial charge < -0.3 is 8.97 Å². The lowest BCUT2D eigenvalue weighted by atomic mass is 10.0. The Kier molecular flexibility index (Phi) is 5.96. The van der Waals surface area contributed by atoms with E-state index in [9.17, 15) is 0 Å². The summed E-state index contributed by atoms with van der Waals surface area (Å²) in [6, 6.07) is 68.0. The summed E-state index contributed by atoms with van der Waals surface area (Å²) in [5, 5.41) is 12.3. The number of hydrogen-bond donors (Lipinski definition) is 0. The van der Waals surface area contributed by atoms with Crippen molar-refractivity contribution in [3.8, 4) is 22.8 Å². The molecule has 5 heterocycles. The van der Waals surface area contributed by atoms with Crippen molar-refractivity contribution in [2.75, 3.05) is 0 Å². The molecule has 0 bridgehead atoms. The Bertz CT molecular complexity index is 4070. The fourth-order valence-corrected chi connectivity index (χ4v) is 10.2. The first-order valence-electron chi connectivity index (χ1n) is 20.2. The molecule has 14 rings (SSSR count). The minimum absolute atomic E-state index is 0.809. The number of para-hydroxylation sites is 6. The first-order chi connectivity index (χ1) is 29.3. The molecule has 0 spiro atoms. The fraction of sp³-hybridized carbons (Fsp3) is 0.